The highest BCUT2D eigenvalue weighted by molar-refractivity contribution is 7.80. The average Bonchev–Trinajstić information content (AvgIpc) is 2.15. The molecule has 0 saturated heterocycles. The zero-order valence-corrected chi connectivity index (χ0v) is 7.81. The van der Waals surface area contributed by atoms with Gasteiger partial charge in [-0.15, -0.1) is 0 Å². The summed E-state index contributed by atoms with van der Waals surface area (Å²) in [5.74, 6) is 0. The molecule has 0 aliphatic rings. The molecule has 0 aromatic heterocycles. The van der Waals surface area contributed by atoms with E-state index in [9.17, 15) is 13.2 Å². The topological polar surface area (TPSA) is 23.8 Å². The second-order valence-corrected chi connectivity index (χ2v) is 3.17. The first kappa shape index (κ1) is 10.9. The first-order valence-electron chi connectivity index (χ1n) is 3.70. The first-order valence-corrected chi connectivity index (χ1v) is 4.21. The molecule has 0 radical (unpaired) electrons. The molecule has 0 aliphatic heterocycles. The van der Waals surface area contributed by atoms with E-state index in [2.05, 4.69) is 12.6 Å². The molecular formula is C9H6F3NS. The number of alkyl halides is 3. The van der Waals surface area contributed by atoms with Gasteiger partial charge in [-0.2, -0.15) is 31.1 Å². The summed E-state index contributed by atoms with van der Waals surface area (Å²) in [5, 5.41) is 7.65. The van der Waals surface area contributed by atoms with Crippen LogP contribution in [0.5, 0.6) is 0 Å². The van der Waals surface area contributed by atoms with Crippen molar-refractivity contribution in [1.82, 2.24) is 0 Å². The molecule has 0 amide bonds. The second kappa shape index (κ2) is 3.93. The van der Waals surface area contributed by atoms with Crippen molar-refractivity contribution in [2.45, 2.75) is 11.4 Å². The molecule has 0 heterocycles. The van der Waals surface area contributed by atoms with Crippen LogP contribution in [0.15, 0.2) is 24.3 Å². The number of hydrogen-bond donors (Lipinski definition) is 1. The molecule has 0 saturated carbocycles. The molecule has 1 nitrogen and oxygen atoms in total. The zero-order chi connectivity index (χ0) is 10.8. The Bertz CT molecular complexity index is 367. The van der Waals surface area contributed by atoms with E-state index in [1.165, 1.54) is 12.1 Å². The van der Waals surface area contributed by atoms with Gasteiger partial charge in [0.1, 0.15) is 5.25 Å². The van der Waals surface area contributed by atoms with Gasteiger partial charge >= 0.3 is 6.18 Å². The molecule has 0 bridgehead atoms. The van der Waals surface area contributed by atoms with Gasteiger partial charge in [0.05, 0.1) is 11.6 Å². The summed E-state index contributed by atoms with van der Waals surface area (Å²) in [6, 6.07) is 6.35. The van der Waals surface area contributed by atoms with Gasteiger partial charge in [-0.3, -0.25) is 0 Å². The third kappa shape index (κ3) is 2.42. The number of halogens is 3. The minimum absolute atomic E-state index is 0.255. The maximum atomic E-state index is 12.2. The molecule has 1 atom stereocenters. The van der Waals surface area contributed by atoms with Crippen LogP contribution in [0, 0.1) is 11.3 Å². The van der Waals surface area contributed by atoms with Crippen LogP contribution in [-0.2, 0) is 6.18 Å². The van der Waals surface area contributed by atoms with Crippen molar-refractivity contribution >= 4 is 12.6 Å². The summed E-state index contributed by atoms with van der Waals surface area (Å²) in [6.45, 7) is 0. The quantitative estimate of drug-likeness (QED) is 0.717. The van der Waals surface area contributed by atoms with Crippen molar-refractivity contribution in [3.8, 4) is 6.07 Å². The highest BCUT2D eigenvalue weighted by Crippen LogP contribution is 2.31. The number of thiol groups is 1. The predicted molar refractivity (Wildman–Crippen MR) is 48.8 cm³/mol. The molecule has 0 aliphatic carbocycles. The van der Waals surface area contributed by atoms with Crippen LogP contribution in [0.2, 0.25) is 0 Å². The lowest BCUT2D eigenvalue weighted by Gasteiger charge is -2.08. The summed E-state index contributed by atoms with van der Waals surface area (Å²) < 4.78 is 36.7. The Morgan fingerprint density at radius 3 is 2.50 bits per heavy atom. The lowest BCUT2D eigenvalue weighted by atomic mass is 10.1. The summed E-state index contributed by atoms with van der Waals surface area (Å²) >= 11 is 3.83. The van der Waals surface area contributed by atoms with E-state index in [1.54, 1.807) is 6.07 Å². The van der Waals surface area contributed by atoms with E-state index in [-0.39, 0.29) is 5.56 Å². The SMILES string of the molecule is N#CC(S)c1cccc(C(F)(F)F)c1. The molecule has 1 rings (SSSR count). The zero-order valence-electron chi connectivity index (χ0n) is 6.92. The third-order valence-corrected chi connectivity index (χ3v) is 2.07. The van der Waals surface area contributed by atoms with Crippen LogP contribution < -0.4 is 0 Å². The Hall–Kier alpha value is -1.15. The molecule has 1 unspecified atom stereocenters. The average molecular weight is 217 g/mol. The van der Waals surface area contributed by atoms with E-state index in [0.717, 1.165) is 12.1 Å². The number of hydrogen-bond acceptors (Lipinski definition) is 2. The number of nitrogens with zero attached hydrogens (tertiary/aromatic N) is 1. The van der Waals surface area contributed by atoms with Gasteiger partial charge in [0.2, 0.25) is 0 Å². The Kier molecular flexibility index (Phi) is 3.06. The summed E-state index contributed by atoms with van der Waals surface area (Å²) in [5.41, 5.74) is -0.505. The largest absolute Gasteiger partial charge is 0.416 e. The normalized spacial score (nSPS) is 13.4. The van der Waals surface area contributed by atoms with Crippen molar-refractivity contribution in [2.24, 2.45) is 0 Å². The molecule has 74 valence electrons. The van der Waals surface area contributed by atoms with Crippen LogP contribution in [0.3, 0.4) is 0 Å². The van der Waals surface area contributed by atoms with Crippen molar-refractivity contribution in [1.29, 1.82) is 5.26 Å². The van der Waals surface area contributed by atoms with Crippen molar-refractivity contribution in [3.05, 3.63) is 35.4 Å². The van der Waals surface area contributed by atoms with Gasteiger partial charge in [-0.25, -0.2) is 0 Å². The van der Waals surface area contributed by atoms with Crippen molar-refractivity contribution in [3.63, 3.8) is 0 Å². The molecule has 0 N–H and O–H groups in total. The van der Waals surface area contributed by atoms with E-state index in [0.29, 0.717) is 0 Å². The number of benzene rings is 1. The second-order valence-electron chi connectivity index (χ2n) is 2.65. The minimum atomic E-state index is -4.38. The molecule has 0 spiro atoms. The molecule has 0 fully saturated rings. The van der Waals surface area contributed by atoms with E-state index < -0.39 is 17.0 Å². The first-order chi connectivity index (χ1) is 6.45. The van der Waals surface area contributed by atoms with Crippen molar-refractivity contribution in [2.75, 3.05) is 0 Å². The van der Waals surface area contributed by atoms with E-state index >= 15 is 0 Å². The summed E-state index contributed by atoms with van der Waals surface area (Å²) in [4.78, 5) is 0. The van der Waals surface area contributed by atoms with Gasteiger partial charge in [0.15, 0.2) is 0 Å². The lowest BCUT2D eigenvalue weighted by molar-refractivity contribution is -0.137. The van der Waals surface area contributed by atoms with E-state index in [1.807, 2.05) is 0 Å². The summed E-state index contributed by atoms with van der Waals surface area (Å²) in [6.07, 6.45) is -4.38. The smallest absolute Gasteiger partial charge is 0.197 e. The Labute approximate surface area is 84.6 Å². The third-order valence-electron chi connectivity index (χ3n) is 1.65. The van der Waals surface area contributed by atoms with Crippen LogP contribution in [-0.4, -0.2) is 0 Å². The fourth-order valence-electron chi connectivity index (χ4n) is 0.960. The van der Waals surface area contributed by atoms with Gasteiger partial charge in [0.25, 0.3) is 0 Å². The molecule has 14 heavy (non-hydrogen) atoms. The van der Waals surface area contributed by atoms with Crippen LogP contribution in [0.1, 0.15) is 16.4 Å². The lowest BCUT2D eigenvalue weighted by Crippen LogP contribution is -2.05. The van der Waals surface area contributed by atoms with Crippen LogP contribution >= 0.6 is 12.6 Å². The van der Waals surface area contributed by atoms with Gasteiger partial charge < -0.3 is 0 Å². The van der Waals surface area contributed by atoms with Gasteiger partial charge in [-0.1, -0.05) is 12.1 Å². The highest BCUT2D eigenvalue weighted by atomic mass is 32.1. The fraction of sp³-hybridized carbons (Fsp3) is 0.222. The Morgan fingerprint density at radius 1 is 1.36 bits per heavy atom. The Balaban J connectivity index is 3.09. The molecule has 1 aromatic rings. The Morgan fingerprint density at radius 2 is 2.00 bits per heavy atom. The summed E-state index contributed by atoms with van der Waals surface area (Å²) in [7, 11) is 0. The van der Waals surface area contributed by atoms with Crippen molar-refractivity contribution < 1.29 is 13.2 Å². The monoisotopic (exact) mass is 217 g/mol. The molecular weight excluding hydrogens is 211 g/mol. The van der Waals surface area contributed by atoms with E-state index in [4.69, 9.17) is 5.26 Å². The maximum absolute atomic E-state index is 12.2. The fourth-order valence-corrected chi connectivity index (χ4v) is 1.12. The molecule has 5 heteroatoms. The maximum Gasteiger partial charge on any atom is 0.416 e. The van der Waals surface area contributed by atoms with Crippen LogP contribution in [0.25, 0.3) is 0 Å². The van der Waals surface area contributed by atoms with Gasteiger partial charge in [0, 0.05) is 0 Å². The van der Waals surface area contributed by atoms with Crippen LogP contribution in [0.4, 0.5) is 13.2 Å². The standard InChI is InChI=1S/C9H6F3NS/c10-9(11,12)7-3-1-2-6(4-7)8(14)5-13/h1-4,8,14H. The van der Waals surface area contributed by atoms with Gasteiger partial charge in [-0.05, 0) is 17.7 Å². The number of nitriles is 1. The molecule has 1 aromatic carbocycles. The number of rotatable bonds is 1. The minimum Gasteiger partial charge on any atom is -0.197 e. The highest BCUT2D eigenvalue weighted by Gasteiger charge is 2.30. The predicted octanol–water partition coefficient (Wildman–Crippen LogP) is 3.20.